The van der Waals surface area contributed by atoms with Crippen LogP contribution in [0.4, 0.5) is 5.82 Å². The molecule has 0 bridgehead atoms. The molecule has 0 saturated carbocycles. The van der Waals surface area contributed by atoms with Gasteiger partial charge in [0.15, 0.2) is 5.15 Å². The van der Waals surface area contributed by atoms with Crippen molar-refractivity contribution in [3.8, 4) is 0 Å². The summed E-state index contributed by atoms with van der Waals surface area (Å²) in [7, 11) is 0. The highest BCUT2D eigenvalue weighted by molar-refractivity contribution is 6.29. The number of halogens is 1. The van der Waals surface area contributed by atoms with Gasteiger partial charge in [-0.1, -0.05) is 11.6 Å². The Kier molecular flexibility index (Phi) is 3.01. The van der Waals surface area contributed by atoms with Crippen LogP contribution >= 0.6 is 11.6 Å². The molecule has 15 heavy (non-hydrogen) atoms. The molecule has 1 atom stereocenters. The van der Waals surface area contributed by atoms with Crippen molar-refractivity contribution in [3.05, 3.63) is 17.3 Å². The zero-order valence-corrected chi connectivity index (χ0v) is 8.79. The van der Waals surface area contributed by atoms with Gasteiger partial charge in [0.05, 0.1) is 0 Å². The summed E-state index contributed by atoms with van der Waals surface area (Å²) in [5.41, 5.74) is 0. The monoisotopic (exact) mass is 226 g/mol. The first-order valence-electron chi connectivity index (χ1n) is 4.76. The summed E-state index contributed by atoms with van der Waals surface area (Å²) in [4.78, 5) is 10.9. The van der Waals surface area contributed by atoms with E-state index in [9.17, 15) is 4.79 Å². The van der Waals surface area contributed by atoms with E-state index in [2.05, 4.69) is 20.8 Å². The van der Waals surface area contributed by atoms with Crippen molar-refractivity contribution in [1.29, 1.82) is 0 Å². The summed E-state index contributed by atoms with van der Waals surface area (Å²) in [6, 6.07) is 3.67. The van der Waals surface area contributed by atoms with Gasteiger partial charge in [-0.2, -0.15) is 0 Å². The van der Waals surface area contributed by atoms with Gasteiger partial charge in [0.1, 0.15) is 5.82 Å². The highest BCUT2D eigenvalue weighted by Gasteiger charge is 2.17. The van der Waals surface area contributed by atoms with Crippen molar-refractivity contribution in [2.24, 2.45) is 0 Å². The average Bonchev–Trinajstić information content (AvgIpc) is 2.25. The van der Waals surface area contributed by atoms with Crippen molar-refractivity contribution in [3.63, 3.8) is 0 Å². The Morgan fingerprint density at radius 3 is 2.93 bits per heavy atom. The SMILES string of the molecule is O=C1CCC(Nc2ccc(Cl)nn2)CN1. The molecule has 0 aliphatic carbocycles. The van der Waals surface area contributed by atoms with E-state index < -0.39 is 0 Å². The Hall–Kier alpha value is -1.36. The number of anilines is 1. The molecule has 2 N–H and O–H groups in total. The van der Waals surface area contributed by atoms with Crippen molar-refractivity contribution in [1.82, 2.24) is 15.5 Å². The van der Waals surface area contributed by atoms with Crippen LogP contribution in [0.25, 0.3) is 0 Å². The summed E-state index contributed by atoms with van der Waals surface area (Å²) >= 11 is 5.62. The molecule has 1 aliphatic heterocycles. The van der Waals surface area contributed by atoms with Gasteiger partial charge < -0.3 is 10.6 Å². The number of piperidine rings is 1. The lowest BCUT2D eigenvalue weighted by atomic mass is 10.1. The maximum Gasteiger partial charge on any atom is 0.220 e. The van der Waals surface area contributed by atoms with E-state index in [-0.39, 0.29) is 11.9 Å². The first kappa shape index (κ1) is 10.2. The van der Waals surface area contributed by atoms with Gasteiger partial charge in [0.25, 0.3) is 0 Å². The first-order valence-corrected chi connectivity index (χ1v) is 5.14. The fraction of sp³-hybridized carbons (Fsp3) is 0.444. The zero-order valence-electron chi connectivity index (χ0n) is 8.03. The smallest absolute Gasteiger partial charge is 0.220 e. The summed E-state index contributed by atoms with van der Waals surface area (Å²) in [5, 5.41) is 14.0. The van der Waals surface area contributed by atoms with E-state index in [4.69, 9.17) is 11.6 Å². The van der Waals surface area contributed by atoms with Crippen LogP contribution in [-0.2, 0) is 4.79 Å². The molecule has 1 unspecified atom stereocenters. The number of carbonyl (C=O) groups excluding carboxylic acids is 1. The number of amides is 1. The third-order valence-electron chi connectivity index (χ3n) is 2.25. The number of rotatable bonds is 2. The van der Waals surface area contributed by atoms with Crippen LogP contribution in [0.1, 0.15) is 12.8 Å². The van der Waals surface area contributed by atoms with E-state index in [0.717, 1.165) is 6.42 Å². The van der Waals surface area contributed by atoms with Crippen molar-refractivity contribution < 1.29 is 4.79 Å². The van der Waals surface area contributed by atoms with E-state index in [1.54, 1.807) is 12.1 Å². The second-order valence-electron chi connectivity index (χ2n) is 3.43. The molecular formula is C9H11ClN4O. The van der Waals surface area contributed by atoms with Crippen LogP contribution in [0, 0.1) is 0 Å². The molecule has 80 valence electrons. The number of carbonyl (C=O) groups is 1. The molecule has 1 aromatic heterocycles. The Balaban J connectivity index is 1.91. The van der Waals surface area contributed by atoms with E-state index in [1.165, 1.54) is 0 Å². The van der Waals surface area contributed by atoms with E-state index in [1.807, 2.05) is 0 Å². The van der Waals surface area contributed by atoms with Gasteiger partial charge in [-0.05, 0) is 18.6 Å². The van der Waals surface area contributed by atoms with Crippen LogP contribution < -0.4 is 10.6 Å². The number of hydrogen-bond donors (Lipinski definition) is 2. The minimum atomic E-state index is 0.107. The lowest BCUT2D eigenvalue weighted by molar-refractivity contribution is -0.122. The Morgan fingerprint density at radius 1 is 1.47 bits per heavy atom. The molecule has 1 aromatic rings. The molecule has 0 spiro atoms. The Morgan fingerprint density at radius 2 is 2.33 bits per heavy atom. The van der Waals surface area contributed by atoms with Gasteiger partial charge in [0.2, 0.25) is 5.91 Å². The van der Waals surface area contributed by atoms with E-state index in [0.29, 0.717) is 23.9 Å². The first-order chi connectivity index (χ1) is 7.24. The Bertz CT molecular complexity index is 344. The molecule has 2 rings (SSSR count). The topological polar surface area (TPSA) is 66.9 Å². The fourth-order valence-electron chi connectivity index (χ4n) is 1.46. The van der Waals surface area contributed by atoms with Crippen LogP contribution in [0.2, 0.25) is 5.15 Å². The number of nitrogens with one attached hydrogen (secondary N) is 2. The molecule has 5 nitrogen and oxygen atoms in total. The van der Waals surface area contributed by atoms with E-state index >= 15 is 0 Å². The molecule has 0 aromatic carbocycles. The van der Waals surface area contributed by atoms with Gasteiger partial charge in [-0.15, -0.1) is 10.2 Å². The van der Waals surface area contributed by atoms with Gasteiger partial charge >= 0.3 is 0 Å². The third kappa shape index (κ3) is 2.79. The maximum atomic E-state index is 10.9. The molecule has 2 heterocycles. The zero-order chi connectivity index (χ0) is 10.7. The highest BCUT2D eigenvalue weighted by atomic mass is 35.5. The molecular weight excluding hydrogens is 216 g/mol. The second kappa shape index (κ2) is 4.44. The lowest BCUT2D eigenvalue weighted by Crippen LogP contribution is -2.42. The quantitative estimate of drug-likeness (QED) is 0.784. The fourth-order valence-corrected chi connectivity index (χ4v) is 1.56. The molecule has 1 saturated heterocycles. The normalized spacial score (nSPS) is 20.9. The summed E-state index contributed by atoms with van der Waals surface area (Å²) < 4.78 is 0. The predicted octanol–water partition coefficient (Wildman–Crippen LogP) is 0.820. The Labute approximate surface area is 92.2 Å². The van der Waals surface area contributed by atoms with Gasteiger partial charge in [-0.3, -0.25) is 4.79 Å². The van der Waals surface area contributed by atoms with Crippen LogP contribution in [-0.4, -0.2) is 28.7 Å². The summed E-state index contributed by atoms with van der Waals surface area (Å²) in [6.07, 6.45) is 1.37. The molecule has 6 heteroatoms. The van der Waals surface area contributed by atoms with Crippen LogP contribution in [0.5, 0.6) is 0 Å². The average molecular weight is 227 g/mol. The van der Waals surface area contributed by atoms with Crippen molar-refractivity contribution in [2.45, 2.75) is 18.9 Å². The van der Waals surface area contributed by atoms with Crippen molar-refractivity contribution in [2.75, 3.05) is 11.9 Å². The number of aromatic nitrogens is 2. The van der Waals surface area contributed by atoms with Crippen molar-refractivity contribution >= 4 is 23.3 Å². The largest absolute Gasteiger partial charge is 0.364 e. The highest BCUT2D eigenvalue weighted by Crippen LogP contribution is 2.11. The molecule has 1 amide bonds. The number of hydrogen-bond acceptors (Lipinski definition) is 4. The summed E-state index contributed by atoms with van der Waals surface area (Å²) in [5.74, 6) is 0.788. The lowest BCUT2D eigenvalue weighted by Gasteiger charge is -2.23. The maximum absolute atomic E-state index is 10.9. The summed E-state index contributed by atoms with van der Waals surface area (Å²) in [6.45, 7) is 0.628. The number of nitrogens with zero attached hydrogens (tertiary/aromatic N) is 2. The van der Waals surface area contributed by atoms with Gasteiger partial charge in [0, 0.05) is 19.0 Å². The van der Waals surface area contributed by atoms with Crippen LogP contribution in [0.15, 0.2) is 12.1 Å². The molecule has 0 radical (unpaired) electrons. The second-order valence-corrected chi connectivity index (χ2v) is 3.81. The van der Waals surface area contributed by atoms with Gasteiger partial charge in [-0.25, -0.2) is 0 Å². The minimum Gasteiger partial charge on any atom is -0.364 e. The van der Waals surface area contributed by atoms with Crippen LogP contribution in [0.3, 0.4) is 0 Å². The molecule has 1 fully saturated rings. The molecule has 1 aliphatic rings. The predicted molar refractivity (Wildman–Crippen MR) is 56.7 cm³/mol. The standard InChI is InChI=1S/C9H11ClN4O/c10-7-2-3-8(14-13-7)12-6-1-4-9(15)11-5-6/h2-3,6H,1,4-5H2,(H,11,15)(H,12,14). The third-order valence-corrected chi connectivity index (χ3v) is 2.45. The minimum absolute atomic E-state index is 0.107.